The molecule has 0 spiro atoms. The van der Waals surface area contributed by atoms with Crippen molar-refractivity contribution < 1.29 is 75.8 Å². The summed E-state index contributed by atoms with van der Waals surface area (Å²) in [5.41, 5.74) is 0. The van der Waals surface area contributed by atoms with Crippen LogP contribution in [0.5, 0.6) is 0 Å². The van der Waals surface area contributed by atoms with Gasteiger partial charge < -0.3 is 34.2 Å². The van der Waals surface area contributed by atoms with Gasteiger partial charge in [-0.25, -0.2) is 9.13 Å². The van der Waals surface area contributed by atoms with Gasteiger partial charge in [-0.15, -0.1) is 0 Å². The van der Waals surface area contributed by atoms with Crippen LogP contribution in [0.3, 0.4) is 0 Å². The number of rotatable bonds is 69. The first-order valence-corrected chi connectivity index (χ1v) is 40.1. The zero-order valence-corrected chi connectivity index (χ0v) is 62.0. The Morgan fingerprint density at radius 2 is 0.546 bits per heavy atom. The molecule has 0 aliphatic heterocycles. The van der Waals surface area contributed by atoms with Gasteiger partial charge in [-0.2, -0.15) is 0 Å². The molecule has 0 bridgehead atoms. The first-order chi connectivity index (χ1) is 47.2. The summed E-state index contributed by atoms with van der Waals surface area (Å²) in [7, 11) is -9.79. The summed E-state index contributed by atoms with van der Waals surface area (Å²) >= 11 is 0. The third-order valence-corrected chi connectivity index (χ3v) is 16.9. The molecule has 0 amide bonds. The molecule has 0 aliphatic carbocycles. The number of phosphoric ester groups is 2. The normalized spacial score (nSPS) is 14.9. The van der Waals surface area contributed by atoms with Crippen LogP contribution in [0.25, 0.3) is 0 Å². The van der Waals surface area contributed by atoms with E-state index in [1.54, 1.807) is 0 Å². The number of unbranched alkanes of at least 4 members (excludes halogenated alkanes) is 22. The third-order valence-electron chi connectivity index (χ3n) is 15.0. The van der Waals surface area contributed by atoms with Crippen LogP contribution in [-0.4, -0.2) is 95.9 Å². The molecule has 0 fully saturated rings. The van der Waals surface area contributed by atoms with Gasteiger partial charge in [0, 0.05) is 19.3 Å². The number of ether oxygens (including phenoxy) is 3. The molecule has 0 rings (SSSR count). The van der Waals surface area contributed by atoms with E-state index in [2.05, 4.69) is 167 Å². The molecule has 18 heteroatoms. The maximum Gasteiger partial charge on any atom is 0.472 e. The number of carbonyl (C=O) groups is 3. The van der Waals surface area contributed by atoms with E-state index in [0.29, 0.717) is 19.3 Å². The summed E-state index contributed by atoms with van der Waals surface area (Å²) in [6, 6.07) is 0. The lowest BCUT2D eigenvalue weighted by molar-refractivity contribution is -0.161. The molecule has 554 valence electrons. The van der Waals surface area contributed by atoms with Crippen molar-refractivity contribution in [3.63, 3.8) is 0 Å². The van der Waals surface area contributed by atoms with Gasteiger partial charge in [0.15, 0.2) is 6.10 Å². The van der Waals surface area contributed by atoms with Gasteiger partial charge in [0.05, 0.1) is 26.4 Å². The molecule has 0 aromatic carbocycles. The Morgan fingerprint density at radius 3 is 0.887 bits per heavy atom. The summed E-state index contributed by atoms with van der Waals surface area (Å²) < 4.78 is 60.9. The van der Waals surface area contributed by atoms with Crippen LogP contribution in [0.2, 0.25) is 0 Å². The van der Waals surface area contributed by atoms with Crippen LogP contribution in [-0.2, 0) is 55.8 Å². The second-order valence-corrected chi connectivity index (χ2v) is 27.2. The van der Waals surface area contributed by atoms with Crippen LogP contribution in [0.15, 0.2) is 146 Å². The summed E-state index contributed by atoms with van der Waals surface area (Å²) in [4.78, 5) is 58.4. The predicted molar refractivity (Wildman–Crippen MR) is 399 cm³/mol. The van der Waals surface area contributed by atoms with Gasteiger partial charge in [-0.1, -0.05) is 269 Å². The molecule has 5 unspecified atom stereocenters. The first kappa shape index (κ1) is 92.4. The van der Waals surface area contributed by atoms with E-state index in [1.807, 2.05) is 0 Å². The molecule has 0 aromatic heterocycles. The largest absolute Gasteiger partial charge is 0.472 e. The van der Waals surface area contributed by atoms with Crippen molar-refractivity contribution in [3.05, 3.63) is 146 Å². The zero-order valence-electron chi connectivity index (χ0n) is 60.2. The van der Waals surface area contributed by atoms with E-state index < -0.39 is 91.5 Å². The molecule has 0 saturated carbocycles. The van der Waals surface area contributed by atoms with Crippen molar-refractivity contribution in [2.24, 2.45) is 0 Å². The number of hydrogen-bond donors (Lipinski definition) is 4. The Balaban J connectivity index is 4.45. The van der Waals surface area contributed by atoms with Crippen molar-refractivity contribution in [2.75, 3.05) is 39.6 Å². The zero-order chi connectivity index (χ0) is 70.9. The number of phosphoric acid groups is 2. The summed E-state index contributed by atoms with van der Waals surface area (Å²) in [5.74, 6) is -1.63. The molecule has 5 atom stereocenters. The average Bonchev–Trinajstić information content (AvgIpc) is 2.81. The Labute approximate surface area is 587 Å². The van der Waals surface area contributed by atoms with E-state index in [-0.39, 0.29) is 19.3 Å². The highest BCUT2D eigenvalue weighted by atomic mass is 31.2. The lowest BCUT2D eigenvalue weighted by atomic mass is 10.0. The fourth-order valence-electron chi connectivity index (χ4n) is 9.40. The molecule has 4 N–H and O–H groups in total. The fraction of sp³-hybridized carbons (Fsp3) is 0.658. The minimum Gasteiger partial charge on any atom is -0.463 e. The molecular weight excluding hydrogens is 1270 g/mol. The van der Waals surface area contributed by atoms with E-state index in [1.165, 1.54) is 64.2 Å². The maximum absolute atomic E-state index is 12.9. The number of aliphatic hydroxyl groups is 2. The number of hydrogen-bond acceptors (Lipinski definition) is 14. The fourth-order valence-corrected chi connectivity index (χ4v) is 11.0. The number of esters is 3. The van der Waals surface area contributed by atoms with E-state index in [0.717, 1.165) is 154 Å². The Morgan fingerprint density at radius 1 is 0.299 bits per heavy atom. The number of allylic oxidation sites excluding steroid dienone is 24. The predicted octanol–water partition coefficient (Wildman–Crippen LogP) is 21.3. The van der Waals surface area contributed by atoms with Crippen molar-refractivity contribution in [3.8, 4) is 0 Å². The minimum absolute atomic E-state index is 0.0831. The van der Waals surface area contributed by atoms with E-state index in [9.17, 15) is 43.5 Å². The van der Waals surface area contributed by atoms with Gasteiger partial charge in [0.2, 0.25) is 0 Å². The highest BCUT2D eigenvalue weighted by Gasteiger charge is 2.29. The quantitative estimate of drug-likeness (QED) is 0.0146. The van der Waals surface area contributed by atoms with Gasteiger partial charge in [0.25, 0.3) is 0 Å². The second-order valence-electron chi connectivity index (χ2n) is 24.3. The van der Waals surface area contributed by atoms with Crippen LogP contribution >= 0.6 is 15.6 Å². The first-order valence-electron chi connectivity index (χ1n) is 37.1. The van der Waals surface area contributed by atoms with Crippen molar-refractivity contribution in [1.29, 1.82) is 0 Å². The average molecular weight is 1400 g/mol. The third kappa shape index (κ3) is 72.5. The second kappa shape index (κ2) is 71.3. The Kier molecular flexibility index (Phi) is 67.9. The highest BCUT2D eigenvalue weighted by Crippen LogP contribution is 2.45. The summed E-state index contributed by atoms with van der Waals surface area (Å²) in [6.07, 6.45) is 86.3. The molecule has 16 nitrogen and oxygen atoms in total. The van der Waals surface area contributed by atoms with Crippen molar-refractivity contribution in [1.82, 2.24) is 0 Å². The minimum atomic E-state index is -4.94. The van der Waals surface area contributed by atoms with Gasteiger partial charge >= 0.3 is 33.6 Å². The SMILES string of the molecule is CC/C=C\C/C=C\C/C=C\C/C=C\C/C=C\C/C=C\CCCCCCCCCCCCCCC(=O)OCC(O)COP(=O)(O)OCC(O)COP(=O)(O)OCC(COC(=O)CCCCC/C=C\C/C=C\C/C=C\C/C=C\C/C=C\CC)OC(=O)CCCCCCC/C=C\CCCC. The molecule has 0 aliphatic rings. The van der Waals surface area contributed by atoms with Crippen LogP contribution in [0.1, 0.15) is 278 Å². The lowest BCUT2D eigenvalue weighted by Crippen LogP contribution is -2.30. The van der Waals surface area contributed by atoms with Crippen LogP contribution < -0.4 is 0 Å². The summed E-state index contributed by atoms with van der Waals surface area (Å²) in [6.45, 7) is 2.34. The number of aliphatic hydroxyl groups excluding tert-OH is 2. The van der Waals surface area contributed by atoms with Gasteiger partial charge in [-0.05, 0) is 135 Å². The Hall–Kier alpha value is -4.57. The Bertz CT molecular complexity index is 2350. The van der Waals surface area contributed by atoms with Gasteiger partial charge in [-0.3, -0.25) is 32.5 Å². The standard InChI is InChI=1S/C79H132O16P2/c1-4-7-10-13-16-19-22-24-26-28-30-31-32-33-34-35-36-37-38-39-40-41-43-45-46-48-51-53-56-59-62-65-77(82)89-68-74(80)69-91-96(85,86)92-70-75(81)71-93-97(87,88)94-73-76(95-79(84)67-64-61-58-55-50-21-18-15-12-9-6-3)72-90-78(83)66-63-60-57-54-52-49-47-44-42-29-27-25-23-20-17-14-11-8-5-2/h7-8,10-11,15-20,24-27,30-31,33-34,36-37,42,44,49,52,74-76,80-81H,4-6,9,12-14,21-23,28-29,32,35,38-41,43,45-48,50-51,53-73H2,1-3H3,(H,85,86)(H,87,88)/b10-7-,11-8-,18-15-,19-16-,20-17-,26-24-,27-25-,31-30-,34-33-,37-36-,44-42-,52-49-. The van der Waals surface area contributed by atoms with E-state index in [4.69, 9.17) is 32.3 Å². The highest BCUT2D eigenvalue weighted by molar-refractivity contribution is 7.47. The van der Waals surface area contributed by atoms with Gasteiger partial charge in [0.1, 0.15) is 25.4 Å². The van der Waals surface area contributed by atoms with Crippen molar-refractivity contribution in [2.45, 2.75) is 296 Å². The topological polar surface area (TPSA) is 231 Å². The smallest absolute Gasteiger partial charge is 0.463 e. The van der Waals surface area contributed by atoms with Crippen LogP contribution in [0, 0.1) is 0 Å². The monoisotopic (exact) mass is 1400 g/mol. The molecule has 0 aromatic rings. The summed E-state index contributed by atoms with van der Waals surface area (Å²) in [5, 5.41) is 20.6. The van der Waals surface area contributed by atoms with Crippen LogP contribution in [0.4, 0.5) is 0 Å². The maximum atomic E-state index is 12.9. The molecule has 97 heavy (non-hydrogen) atoms. The molecular formula is C79H132O16P2. The lowest BCUT2D eigenvalue weighted by Gasteiger charge is -2.21. The van der Waals surface area contributed by atoms with E-state index >= 15 is 0 Å². The molecule has 0 saturated heterocycles. The molecule has 0 heterocycles. The van der Waals surface area contributed by atoms with Crippen molar-refractivity contribution >= 4 is 33.6 Å². The number of carbonyl (C=O) groups excluding carboxylic acids is 3. The molecule has 0 radical (unpaired) electrons.